The van der Waals surface area contributed by atoms with Crippen LogP contribution in [0.25, 0.3) is 0 Å². The molecule has 0 aromatic carbocycles. The third kappa shape index (κ3) is 2.22. The fourth-order valence-electron chi connectivity index (χ4n) is 2.63. The Morgan fingerprint density at radius 3 is 2.67 bits per heavy atom. The average molecular weight is 248 g/mol. The van der Waals surface area contributed by atoms with Gasteiger partial charge in [-0.1, -0.05) is 6.92 Å². The van der Waals surface area contributed by atoms with Gasteiger partial charge in [0, 0.05) is 12.5 Å². The molecule has 1 heterocycles. The Kier molecular flexibility index (Phi) is 3.60. The number of hydrogen-bond donors (Lipinski definition) is 1. The second kappa shape index (κ2) is 5.01. The number of hydrogen-bond acceptors (Lipinski definition) is 2. The van der Waals surface area contributed by atoms with Gasteiger partial charge in [0.2, 0.25) is 11.8 Å². The molecule has 4 heteroatoms. The summed E-state index contributed by atoms with van der Waals surface area (Å²) in [5.41, 5.74) is 0. The number of carbonyl (C=O) groups excluding carboxylic acids is 2. The normalized spacial score (nSPS) is 29.7. The molecule has 1 N–H and O–H groups in total. The molecule has 2 aliphatic rings. The van der Waals surface area contributed by atoms with E-state index >= 15 is 0 Å². The first-order valence-electron chi connectivity index (χ1n) is 6.66. The molecule has 0 spiro atoms. The van der Waals surface area contributed by atoms with E-state index in [2.05, 4.69) is 11.2 Å². The summed E-state index contributed by atoms with van der Waals surface area (Å²) < 4.78 is 0. The third-order valence-electron chi connectivity index (χ3n) is 3.93. The Morgan fingerprint density at radius 1 is 1.50 bits per heavy atom. The van der Waals surface area contributed by atoms with Gasteiger partial charge in [0.25, 0.3) is 0 Å². The Morgan fingerprint density at radius 2 is 2.17 bits per heavy atom. The highest BCUT2D eigenvalue weighted by Gasteiger charge is 2.46. The van der Waals surface area contributed by atoms with Crippen LogP contribution in [0.2, 0.25) is 0 Å². The number of nitrogens with zero attached hydrogens (tertiary/aromatic N) is 1. The maximum atomic E-state index is 12.5. The minimum absolute atomic E-state index is 0.0233. The van der Waals surface area contributed by atoms with E-state index in [9.17, 15) is 9.59 Å². The highest BCUT2D eigenvalue weighted by atomic mass is 16.2. The molecule has 0 aromatic heterocycles. The fraction of sp³-hybridized carbons (Fsp3) is 0.714. The van der Waals surface area contributed by atoms with Crippen LogP contribution in [0.5, 0.6) is 0 Å². The fourth-order valence-corrected chi connectivity index (χ4v) is 2.63. The summed E-state index contributed by atoms with van der Waals surface area (Å²) in [5, 5.41) is 2.85. The van der Waals surface area contributed by atoms with Crippen LogP contribution in [-0.2, 0) is 9.59 Å². The highest BCUT2D eigenvalue weighted by Crippen LogP contribution is 2.35. The summed E-state index contributed by atoms with van der Waals surface area (Å²) in [6.07, 6.45) is 8.71. The molecule has 4 nitrogen and oxygen atoms in total. The zero-order valence-corrected chi connectivity index (χ0v) is 11.0. The number of terminal acetylenes is 1. The van der Waals surface area contributed by atoms with Gasteiger partial charge >= 0.3 is 0 Å². The number of carbonyl (C=O) groups is 2. The molecule has 18 heavy (non-hydrogen) atoms. The van der Waals surface area contributed by atoms with Gasteiger partial charge in [-0.3, -0.25) is 9.59 Å². The number of rotatable bonds is 4. The van der Waals surface area contributed by atoms with E-state index in [0.717, 1.165) is 19.3 Å². The van der Waals surface area contributed by atoms with E-state index in [0.29, 0.717) is 12.3 Å². The van der Waals surface area contributed by atoms with E-state index in [-0.39, 0.29) is 23.9 Å². The zero-order valence-electron chi connectivity index (χ0n) is 11.0. The summed E-state index contributed by atoms with van der Waals surface area (Å²) in [7, 11) is 0. The Hall–Kier alpha value is -1.50. The molecular formula is C14H20N2O2. The zero-order chi connectivity index (χ0) is 13.3. The molecule has 2 fully saturated rings. The topological polar surface area (TPSA) is 49.4 Å². The largest absolute Gasteiger partial charge is 0.342 e. The molecule has 1 saturated carbocycles. The van der Waals surface area contributed by atoms with Gasteiger partial charge in [-0.2, -0.15) is 0 Å². The molecule has 0 bridgehead atoms. The molecule has 3 atom stereocenters. The Labute approximate surface area is 108 Å². The van der Waals surface area contributed by atoms with Crippen molar-refractivity contribution >= 4 is 11.8 Å². The first-order chi connectivity index (χ1) is 8.60. The van der Waals surface area contributed by atoms with Crippen molar-refractivity contribution < 1.29 is 9.59 Å². The molecule has 1 aliphatic carbocycles. The first kappa shape index (κ1) is 12.9. The lowest BCUT2D eigenvalue weighted by Crippen LogP contribution is -2.65. The van der Waals surface area contributed by atoms with Gasteiger partial charge in [-0.15, -0.1) is 12.3 Å². The van der Waals surface area contributed by atoms with Crippen LogP contribution in [0.1, 0.15) is 39.5 Å². The van der Waals surface area contributed by atoms with Crippen LogP contribution >= 0.6 is 0 Å². The second-order valence-corrected chi connectivity index (χ2v) is 5.22. The van der Waals surface area contributed by atoms with E-state index in [1.54, 1.807) is 11.8 Å². The van der Waals surface area contributed by atoms with Gasteiger partial charge < -0.3 is 10.2 Å². The summed E-state index contributed by atoms with van der Waals surface area (Å²) in [6, 6.07) is -0.754. The molecule has 0 aromatic rings. The molecular weight excluding hydrogens is 228 g/mol. The molecule has 2 rings (SSSR count). The van der Waals surface area contributed by atoms with Gasteiger partial charge in [0.15, 0.2) is 0 Å². The summed E-state index contributed by atoms with van der Waals surface area (Å²) in [6.45, 7) is 3.77. The van der Waals surface area contributed by atoms with Crippen LogP contribution in [0.4, 0.5) is 0 Å². The van der Waals surface area contributed by atoms with E-state index in [1.165, 1.54) is 0 Å². The van der Waals surface area contributed by atoms with Crippen molar-refractivity contribution in [2.24, 2.45) is 5.92 Å². The monoisotopic (exact) mass is 248 g/mol. The molecule has 2 amide bonds. The standard InChI is InChI=1S/C14H20N2O2/c1-4-6-11(5-2)16-9(3)13(17)15-12(14(16)18)10-7-8-10/h1,9-12H,5-8H2,2-3H3,(H,15,17). The van der Waals surface area contributed by atoms with E-state index in [1.807, 2.05) is 6.92 Å². The maximum absolute atomic E-state index is 12.5. The van der Waals surface area contributed by atoms with Gasteiger partial charge in [0.05, 0.1) is 0 Å². The summed E-state index contributed by atoms with van der Waals surface area (Å²) in [4.78, 5) is 26.2. The lowest BCUT2D eigenvalue weighted by atomic mass is 9.99. The Bertz CT molecular complexity index is 395. The van der Waals surface area contributed by atoms with Crippen LogP contribution in [0.3, 0.4) is 0 Å². The summed E-state index contributed by atoms with van der Waals surface area (Å²) >= 11 is 0. The van der Waals surface area contributed by atoms with Crippen LogP contribution in [0.15, 0.2) is 0 Å². The van der Waals surface area contributed by atoms with Crippen molar-refractivity contribution in [1.82, 2.24) is 10.2 Å². The molecule has 0 radical (unpaired) electrons. The first-order valence-corrected chi connectivity index (χ1v) is 6.66. The lowest BCUT2D eigenvalue weighted by molar-refractivity contribution is -0.152. The van der Waals surface area contributed by atoms with E-state index in [4.69, 9.17) is 6.42 Å². The summed E-state index contributed by atoms with van der Waals surface area (Å²) in [5.74, 6) is 2.93. The van der Waals surface area contributed by atoms with Crippen molar-refractivity contribution in [3.05, 3.63) is 0 Å². The van der Waals surface area contributed by atoms with Crippen molar-refractivity contribution in [3.63, 3.8) is 0 Å². The average Bonchev–Trinajstić information content (AvgIpc) is 3.17. The highest BCUT2D eigenvalue weighted by molar-refractivity contribution is 5.97. The smallest absolute Gasteiger partial charge is 0.246 e. The minimum atomic E-state index is -0.411. The Balaban J connectivity index is 2.20. The second-order valence-electron chi connectivity index (χ2n) is 5.22. The number of nitrogens with one attached hydrogen (secondary N) is 1. The van der Waals surface area contributed by atoms with Gasteiger partial charge in [-0.25, -0.2) is 0 Å². The van der Waals surface area contributed by atoms with Gasteiger partial charge in [0.1, 0.15) is 12.1 Å². The number of amides is 2. The molecule has 1 saturated heterocycles. The lowest BCUT2D eigenvalue weighted by Gasteiger charge is -2.41. The van der Waals surface area contributed by atoms with E-state index < -0.39 is 6.04 Å². The minimum Gasteiger partial charge on any atom is -0.342 e. The predicted molar refractivity (Wildman–Crippen MR) is 68.5 cm³/mol. The van der Waals surface area contributed by atoms with Gasteiger partial charge in [-0.05, 0) is 32.1 Å². The third-order valence-corrected chi connectivity index (χ3v) is 3.93. The van der Waals surface area contributed by atoms with Crippen molar-refractivity contribution in [1.29, 1.82) is 0 Å². The quantitative estimate of drug-likeness (QED) is 0.752. The molecule has 1 aliphatic heterocycles. The van der Waals surface area contributed by atoms with Crippen LogP contribution < -0.4 is 5.32 Å². The SMILES string of the molecule is C#CCC(CC)N1C(=O)C(C2CC2)NC(=O)C1C. The number of piperazine rings is 1. The maximum Gasteiger partial charge on any atom is 0.246 e. The molecule has 98 valence electrons. The predicted octanol–water partition coefficient (Wildman–Crippen LogP) is 0.914. The van der Waals surface area contributed by atoms with Crippen molar-refractivity contribution in [2.75, 3.05) is 0 Å². The van der Waals surface area contributed by atoms with Crippen LogP contribution in [0, 0.1) is 18.3 Å². The van der Waals surface area contributed by atoms with Crippen LogP contribution in [-0.4, -0.2) is 34.8 Å². The van der Waals surface area contributed by atoms with Crippen molar-refractivity contribution in [2.45, 2.75) is 57.7 Å². The molecule has 3 unspecified atom stereocenters. The van der Waals surface area contributed by atoms with Crippen molar-refractivity contribution in [3.8, 4) is 12.3 Å².